The highest BCUT2D eigenvalue weighted by atomic mass is 16.2. The highest BCUT2D eigenvalue weighted by molar-refractivity contribution is 5.95. The van der Waals surface area contributed by atoms with Crippen molar-refractivity contribution >= 4 is 17.6 Å². The van der Waals surface area contributed by atoms with Gasteiger partial charge in [-0.25, -0.2) is 0 Å². The van der Waals surface area contributed by atoms with Crippen LogP contribution in [0.15, 0.2) is 60.7 Å². The van der Waals surface area contributed by atoms with E-state index in [1.165, 1.54) is 4.68 Å². The van der Waals surface area contributed by atoms with Gasteiger partial charge >= 0.3 is 0 Å². The van der Waals surface area contributed by atoms with Gasteiger partial charge in [0.05, 0.1) is 6.42 Å². The lowest BCUT2D eigenvalue weighted by atomic mass is 10.1. The average Bonchev–Trinajstić information content (AvgIpc) is 3.02. The van der Waals surface area contributed by atoms with Crippen LogP contribution in [0.5, 0.6) is 0 Å². The number of hydrogen-bond acceptors (Lipinski definition) is 3. The highest BCUT2D eigenvalue weighted by Crippen LogP contribution is 2.11. The van der Waals surface area contributed by atoms with Gasteiger partial charge in [0.25, 0.3) is 5.91 Å². The number of benzene rings is 2. The van der Waals surface area contributed by atoms with Gasteiger partial charge in [0.15, 0.2) is 5.69 Å². The first-order valence-corrected chi connectivity index (χ1v) is 8.73. The SMILES string of the molecule is Cc1ccccc1CNC(=O)c1cc(NC(=O)Cc2ccccc2)n(C)n1. The Kier molecular flexibility index (Phi) is 5.66. The molecule has 3 rings (SSSR count). The summed E-state index contributed by atoms with van der Waals surface area (Å²) < 4.78 is 1.49. The van der Waals surface area contributed by atoms with Crippen molar-refractivity contribution in [2.45, 2.75) is 19.9 Å². The molecule has 2 aromatic carbocycles. The molecule has 0 aliphatic carbocycles. The summed E-state index contributed by atoms with van der Waals surface area (Å²) in [5.41, 5.74) is 3.36. The second kappa shape index (κ2) is 8.31. The third-order valence-electron chi connectivity index (χ3n) is 4.29. The Hall–Kier alpha value is -3.41. The van der Waals surface area contributed by atoms with Crippen LogP contribution in [0, 0.1) is 6.92 Å². The van der Waals surface area contributed by atoms with Gasteiger partial charge in [0.2, 0.25) is 5.91 Å². The maximum absolute atomic E-state index is 12.4. The van der Waals surface area contributed by atoms with Gasteiger partial charge in [-0.15, -0.1) is 0 Å². The summed E-state index contributed by atoms with van der Waals surface area (Å²) in [7, 11) is 1.69. The molecule has 2 N–H and O–H groups in total. The van der Waals surface area contributed by atoms with E-state index in [0.717, 1.165) is 16.7 Å². The first kappa shape index (κ1) is 18.4. The first-order chi connectivity index (χ1) is 13.0. The molecule has 0 atom stereocenters. The van der Waals surface area contributed by atoms with Crippen molar-refractivity contribution in [3.8, 4) is 0 Å². The normalized spacial score (nSPS) is 10.4. The molecular formula is C21H22N4O2. The molecule has 138 valence electrons. The minimum Gasteiger partial charge on any atom is -0.347 e. The van der Waals surface area contributed by atoms with Crippen LogP contribution in [0.3, 0.4) is 0 Å². The van der Waals surface area contributed by atoms with Crippen molar-refractivity contribution in [3.05, 3.63) is 83.0 Å². The predicted molar refractivity (Wildman–Crippen MR) is 104 cm³/mol. The molecule has 27 heavy (non-hydrogen) atoms. The van der Waals surface area contributed by atoms with E-state index in [0.29, 0.717) is 12.4 Å². The fraction of sp³-hybridized carbons (Fsp3) is 0.190. The third kappa shape index (κ3) is 4.82. The molecule has 2 amide bonds. The lowest BCUT2D eigenvalue weighted by Gasteiger charge is -2.06. The van der Waals surface area contributed by atoms with E-state index in [4.69, 9.17) is 0 Å². The number of anilines is 1. The second-order valence-corrected chi connectivity index (χ2v) is 6.36. The molecule has 1 heterocycles. The van der Waals surface area contributed by atoms with Gasteiger partial charge in [0, 0.05) is 19.7 Å². The number of carbonyl (C=O) groups excluding carboxylic acids is 2. The van der Waals surface area contributed by atoms with Crippen LogP contribution in [0.1, 0.15) is 27.2 Å². The summed E-state index contributed by atoms with van der Waals surface area (Å²) in [6.07, 6.45) is 0.265. The minimum absolute atomic E-state index is 0.156. The van der Waals surface area contributed by atoms with Crippen LogP contribution in [0.4, 0.5) is 5.82 Å². The van der Waals surface area contributed by atoms with Crippen LogP contribution in [-0.4, -0.2) is 21.6 Å². The maximum Gasteiger partial charge on any atom is 0.272 e. The van der Waals surface area contributed by atoms with Gasteiger partial charge in [0.1, 0.15) is 5.82 Å². The van der Waals surface area contributed by atoms with Crippen LogP contribution in [0.2, 0.25) is 0 Å². The molecular weight excluding hydrogens is 340 g/mol. The van der Waals surface area contributed by atoms with E-state index < -0.39 is 0 Å². The number of hydrogen-bond donors (Lipinski definition) is 2. The largest absolute Gasteiger partial charge is 0.347 e. The minimum atomic E-state index is -0.280. The van der Waals surface area contributed by atoms with Crippen LogP contribution < -0.4 is 10.6 Å². The highest BCUT2D eigenvalue weighted by Gasteiger charge is 2.14. The summed E-state index contributed by atoms with van der Waals surface area (Å²) >= 11 is 0. The fourth-order valence-electron chi connectivity index (χ4n) is 2.74. The number of aryl methyl sites for hydroxylation is 2. The number of amides is 2. The number of nitrogens with one attached hydrogen (secondary N) is 2. The molecule has 0 fully saturated rings. The Morgan fingerprint density at radius 1 is 1.04 bits per heavy atom. The van der Waals surface area contributed by atoms with Crippen LogP contribution in [-0.2, 0) is 24.8 Å². The number of nitrogens with zero attached hydrogens (tertiary/aromatic N) is 2. The van der Waals surface area contributed by atoms with Crippen molar-refractivity contribution in [2.75, 3.05) is 5.32 Å². The Morgan fingerprint density at radius 3 is 2.48 bits per heavy atom. The standard InChI is InChI=1S/C21H22N4O2/c1-15-8-6-7-11-17(15)14-22-21(27)18-13-19(25(2)24-18)23-20(26)12-16-9-4-3-5-10-16/h3-11,13H,12,14H2,1-2H3,(H,22,27)(H,23,26). The average molecular weight is 362 g/mol. The zero-order valence-corrected chi connectivity index (χ0v) is 15.4. The van der Waals surface area contributed by atoms with Crippen LogP contribution in [0.25, 0.3) is 0 Å². The zero-order chi connectivity index (χ0) is 19.2. The summed E-state index contributed by atoms with van der Waals surface area (Å²) in [5.74, 6) is 0.0467. The molecule has 0 saturated heterocycles. The Morgan fingerprint density at radius 2 is 1.74 bits per heavy atom. The van der Waals surface area contributed by atoms with Crippen molar-refractivity contribution < 1.29 is 9.59 Å². The molecule has 0 unspecified atom stereocenters. The molecule has 0 bridgehead atoms. The van der Waals surface area contributed by atoms with E-state index in [-0.39, 0.29) is 23.9 Å². The number of aromatic nitrogens is 2. The van der Waals surface area contributed by atoms with E-state index in [2.05, 4.69) is 15.7 Å². The number of carbonyl (C=O) groups is 2. The molecule has 3 aromatic rings. The second-order valence-electron chi connectivity index (χ2n) is 6.36. The van der Waals surface area contributed by atoms with E-state index in [1.807, 2.05) is 61.5 Å². The molecule has 0 radical (unpaired) electrons. The molecule has 0 aliphatic rings. The molecule has 0 aliphatic heterocycles. The van der Waals surface area contributed by atoms with E-state index in [9.17, 15) is 9.59 Å². The fourth-order valence-corrected chi connectivity index (χ4v) is 2.74. The van der Waals surface area contributed by atoms with Gasteiger partial charge < -0.3 is 10.6 Å². The van der Waals surface area contributed by atoms with Gasteiger partial charge in [-0.05, 0) is 23.6 Å². The van der Waals surface area contributed by atoms with Crippen molar-refractivity contribution in [2.24, 2.45) is 7.05 Å². The van der Waals surface area contributed by atoms with Gasteiger partial charge in [-0.3, -0.25) is 14.3 Å². The Balaban J connectivity index is 1.60. The Labute approximate surface area is 158 Å². The van der Waals surface area contributed by atoms with E-state index in [1.54, 1.807) is 13.1 Å². The van der Waals surface area contributed by atoms with Crippen molar-refractivity contribution in [1.29, 1.82) is 0 Å². The zero-order valence-electron chi connectivity index (χ0n) is 15.4. The molecule has 6 nitrogen and oxygen atoms in total. The lowest BCUT2D eigenvalue weighted by Crippen LogP contribution is -2.23. The van der Waals surface area contributed by atoms with Crippen LogP contribution >= 0.6 is 0 Å². The third-order valence-corrected chi connectivity index (χ3v) is 4.29. The van der Waals surface area contributed by atoms with Crippen molar-refractivity contribution in [3.63, 3.8) is 0 Å². The van der Waals surface area contributed by atoms with Crippen molar-refractivity contribution in [1.82, 2.24) is 15.1 Å². The summed E-state index contributed by atoms with van der Waals surface area (Å²) in [6, 6.07) is 18.9. The summed E-state index contributed by atoms with van der Waals surface area (Å²) in [6.45, 7) is 2.43. The predicted octanol–water partition coefficient (Wildman–Crippen LogP) is 2.84. The van der Waals surface area contributed by atoms with Gasteiger partial charge in [-0.2, -0.15) is 5.10 Å². The molecule has 6 heteroatoms. The smallest absolute Gasteiger partial charge is 0.272 e. The molecule has 1 aromatic heterocycles. The molecule has 0 spiro atoms. The van der Waals surface area contributed by atoms with E-state index >= 15 is 0 Å². The first-order valence-electron chi connectivity index (χ1n) is 8.73. The van der Waals surface area contributed by atoms with Gasteiger partial charge in [-0.1, -0.05) is 54.6 Å². The Bertz CT molecular complexity index is 948. The maximum atomic E-state index is 12.4. The summed E-state index contributed by atoms with van der Waals surface area (Å²) in [4.78, 5) is 24.6. The monoisotopic (exact) mass is 362 g/mol. The quantitative estimate of drug-likeness (QED) is 0.708. The summed E-state index contributed by atoms with van der Waals surface area (Å²) in [5, 5.41) is 9.86. The topological polar surface area (TPSA) is 76.0 Å². The number of rotatable bonds is 6. The lowest BCUT2D eigenvalue weighted by molar-refractivity contribution is -0.115. The molecule has 0 saturated carbocycles.